The fourth-order valence-electron chi connectivity index (χ4n) is 3.14. The quantitative estimate of drug-likeness (QED) is 0.490. The number of carbonyl (C=O) groups is 1. The van der Waals surface area contributed by atoms with Gasteiger partial charge in [0.1, 0.15) is 0 Å². The number of hydrogen-bond acceptors (Lipinski definition) is 7. The average Bonchev–Trinajstić information content (AvgIpc) is 2.62. The molecule has 156 valence electrons. The Morgan fingerprint density at radius 2 is 1.22 bits per heavy atom. The van der Waals surface area contributed by atoms with E-state index in [2.05, 4.69) is 20.8 Å². The van der Waals surface area contributed by atoms with Crippen LogP contribution < -0.4 is 0 Å². The highest BCUT2D eigenvalue weighted by Gasteiger charge is 2.46. The van der Waals surface area contributed by atoms with Crippen LogP contribution in [0.15, 0.2) is 0 Å². The molecule has 0 amide bonds. The van der Waals surface area contributed by atoms with Crippen LogP contribution in [0.25, 0.3) is 0 Å². The summed E-state index contributed by atoms with van der Waals surface area (Å²) in [5.74, 6) is 0.362. The SMILES string of the molecule is CC1COC1CO[Si](CCC(=O)O)(OCC1OCC1C)OCC1OCC1C. The molecule has 0 aliphatic carbocycles. The molecule has 0 aromatic heterocycles. The van der Waals surface area contributed by atoms with E-state index in [1.165, 1.54) is 0 Å². The van der Waals surface area contributed by atoms with Crippen molar-refractivity contribution in [1.29, 1.82) is 0 Å². The number of carboxylic acids is 1. The molecule has 6 unspecified atom stereocenters. The van der Waals surface area contributed by atoms with Gasteiger partial charge in [0.05, 0.1) is 58.0 Å². The summed E-state index contributed by atoms with van der Waals surface area (Å²) < 4.78 is 35.1. The van der Waals surface area contributed by atoms with E-state index < -0.39 is 14.8 Å². The number of carboxylic acid groups (broad SMARTS) is 1. The van der Waals surface area contributed by atoms with Crippen molar-refractivity contribution < 1.29 is 37.4 Å². The molecule has 3 rings (SSSR count). The zero-order valence-electron chi connectivity index (χ0n) is 16.4. The lowest BCUT2D eigenvalue weighted by atomic mass is 10.0. The van der Waals surface area contributed by atoms with E-state index in [0.717, 1.165) is 19.8 Å². The minimum absolute atomic E-state index is 0.00616. The maximum absolute atomic E-state index is 11.2. The lowest BCUT2D eigenvalue weighted by Crippen LogP contribution is -2.55. The predicted octanol–water partition coefficient (Wildman–Crippen LogP) is 1.55. The average molecular weight is 405 g/mol. The highest BCUT2D eigenvalue weighted by Crippen LogP contribution is 2.29. The molecule has 9 heteroatoms. The molecule has 27 heavy (non-hydrogen) atoms. The van der Waals surface area contributed by atoms with E-state index in [-0.39, 0.29) is 30.8 Å². The van der Waals surface area contributed by atoms with Crippen LogP contribution in [0.1, 0.15) is 27.2 Å². The summed E-state index contributed by atoms with van der Waals surface area (Å²) in [6, 6.07) is 0.228. The molecule has 3 heterocycles. The van der Waals surface area contributed by atoms with Crippen LogP contribution in [0.2, 0.25) is 6.04 Å². The molecule has 0 aromatic rings. The topological polar surface area (TPSA) is 92.7 Å². The standard InChI is InChI=1S/C18H32O8Si/c1-12-6-21-15(12)9-24-27(5-4-18(19)20,25-10-16-13(2)7-22-16)26-11-17-14(3)8-23-17/h12-17H,4-11H2,1-3H3,(H,19,20). The Kier molecular flexibility index (Phi) is 7.29. The number of ether oxygens (including phenoxy) is 3. The maximum Gasteiger partial charge on any atom is 0.501 e. The molecular formula is C18H32O8Si. The molecule has 3 aliphatic rings. The van der Waals surface area contributed by atoms with Crippen molar-refractivity contribution in [3.63, 3.8) is 0 Å². The zero-order valence-corrected chi connectivity index (χ0v) is 17.4. The minimum Gasteiger partial charge on any atom is -0.481 e. The van der Waals surface area contributed by atoms with Crippen molar-refractivity contribution in [3.8, 4) is 0 Å². The van der Waals surface area contributed by atoms with Gasteiger partial charge in [0.25, 0.3) is 0 Å². The summed E-state index contributed by atoms with van der Waals surface area (Å²) in [5, 5.41) is 9.19. The van der Waals surface area contributed by atoms with Gasteiger partial charge in [-0.05, 0) is 0 Å². The van der Waals surface area contributed by atoms with E-state index in [1.54, 1.807) is 0 Å². The Labute approximate surface area is 161 Å². The molecular weight excluding hydrogens is 372 g/mol. The van der Waals surface area contributed by atoms with E-state index in [9.17, 15) is 9.90 Å². The third-order valence-electron chi connectivity index (χ3n) is 5.67. The van der Waals surface area contributed by atoms with Crippen molar-refractivity contribution in [2.24, 2.45) is 17.8 Å². The second kappa shape index (κ2) is 9.30. The smallest absolute Gasteiger partial charge is 0.481 e. The van der Waals surface area contributed by atoms with Gasteiger partial charge in [-0.2, -0.15) is 0 Å². The van der Waals surface area contributed by atoms with Gasteiger partial charge in [0.15, 0.2) is 0 Å². The Balaban J connectivity index is 1.62. The molecule has 0 aromatic carbocycles. The minimum atomic E-state index is -3.20. The van der Waals surface area contributed by atoms with Crippen LogP contribution >= 0.6 is 0 Å². The predicted molar refractivity (Wildman–Crippen MR) is 97.4 cm³/mol. The van der Waals surface area contributed by atoms with Crippen molar-refractivity contribution in [2.75, 3.05) is 39.6 Å². The van der Waals surface area contributed by atoms with E-state index >= 15 is 0 Å². The molecule has 0 spiro atoms. The normalized spacial score (nSPS) is 37.6. The molecule has 0 saturated carbocycles. The van der Waals surface area contributed by atoms with E-state index in [0.29, 0.717) is 37.6 Å². The first-order valence-electron chi connectivity index (χ1n) is 9.87. The van der Waals surface area contributed by atoms with Gasteiger partial charge >= 0.3 is 14.8 Å². The van der Waals surface area contributed by atoms with Gasteiger partial charge in [0.2, 0.25) is 0 Å². The van der Waals surface area contributed by atoms with Gasteiger partial charge in [-0.3, -0.25) is 4.79 Å². The summed E-state index contributed by atoms with van der Waals surface area (Å²) in [6.07, 6.45) is -0.0416. The number of rotatable bonds is 12. The van der Waals surface area contributed by atoms with Crippen LogP contribution in [0.4, 0.5) is 0 Å². The lowest BCUT2D eigenvalue weighted by molar-refractivity contribution is -0.157. The van der Waals surface area contributed by atoms with Crippen LogP contribution in [0, 0.1) is 17.8 Å². The Bertz CT molecular complexity index is 449. The maximum atomic E-state index is 11.2. The van der Waals surface area contributed by atoms with Gasteiger partial charge < -0.3 is 32.6 Å². The van der Waals surface area contributed by atoms with Crippen LogP contribution in [-0.4, -0.2) is 77.8 Å². The van der Waals surface area contributed by atoms with Gasteiger partial charge in [0, 0.05) is 30.2 Å². The molecule has 1 N–H and O–H groups in total. The van der Waals surface area contributed by atoms with Crippen molar-refractivity contribution in [2.45, 2.75) is 51.5 Å². The molecule has 0 radical (unpaired) electrons. The van der Waals surface area contributed by atoms with Gasteiger partial charge in [-0.25, -0.2) is 0 Å². The third kappa shape index (κ3) is 5.50. The Morgan fingerprint density at radius 1 is 0.852 bits per heavy atom. The first kappa shape index (κ1) is 21.2. The summed E-state index contributed by atoms with van der Waals surface area (Å²) in [6.45, 7) is 9.55. The summed E-state index contributed by atoms with van der Waals surface area (Å²) >= 11 is 0. The Hall–Kier alpha value is -0.553. The molecule has 8 nitrogen and oxygen atoms in total. The second-order valence-electron chi connectivity index (χ2n) is 8.06. The highest BCUT2D eigenvalue weighted by molar-refractivity contribution is 6.61. The van der Waals surface area contributed by atoms with Gasteiger partial charge in [-0.1, -0.05) is 20.8 Å². The molecule has 3 fully saturated rings. The first-order chi connectivity index (χ1) is 12.9. The summed E-state index contributed by atoms with van der Waals surface area (Å²) in [7, 11) is -3.20. The van der Waals surface area contributed by atoms with Crippen LogP contribution in [-0.2, 0) is 32.3 Å². The fourth-order valence-corrected chi connectivity index (χ4v) is 5.60. The number of aliphatic carboxylic acids is 1. The van der Waals surface area contributed by atoms with Crippen molar-refractivity contribution >= 4 is 14.8 Å². The lowest BCUT2D eigenvalue weighted by Gasteiger charge is -2.41. The number of hydrogen-bond donors (Lipinski definition) is 1. The van der Waals surface area contributed by atoms with Crippen LogP contribution in [0.5, 0.6) is 0 Å². The third-order valence-corrected chi connectivity index (χ3v) is 8.35. The van der Waals surface area contributed by atoms with Crippen LogP contribution in [0.3, 0.4) is 0 Å². The zero-order chi connectivity index (χ0) is 19.4. The summed E-state index contributed by atoms with van der Waals surface area (Å²) in [4.78, 5) is 11.2. The fraction of sp³-hybridized carbons (Fsp3) is 0.944. The molecule has 0 bridgehead atoms. The Morgan fingerprint density at radius 3 is 1.44 bits per heavy atom. The molecule has 6 atom stereocenters. The van der Waals surface area contributed by atoms with E-state index in [4.69, 9.17) is 27.5 Å². The van der Waals surface area contributed by atoms with Crippen molar-refractivity contribution in [1.82, 2.24) is 0 Å². The summed E-state index contributed by atoms with van der Waals surface area (Å²) in [5.41, 5.74) is 0. The second-order valence-corrected chi connectivity index (χ2v) is 10.8. The first-order valence-corrected chi connectivity index (χ1v) is 11.8. The molecule has 3 aliphatic heterocycles. The van der Waals surface area contributed by atoms with Gasteiger partial charge in [-0.15, -0.1) is 0 Å². The molecule has 3 saturated heterocycles. The monoisotopic (exact) mass is 404 g/mol. The largest absolute Gasteiger partial charge is 0.501 e. The highest BCUT2D eigenvalue weighted by atomic mass is 28.4. The van der Waals surface area contributed by atoms with Crippen molar-refractivity contribution in [3.05, 3.63) is 0 Å². The van der Waals surface area contributed by atoms with E-state index in [1.807, 2.05) is 0 Å².